The molecular weight excluding hydrogens is 805 g/mol. The van der Waals surface area contributed by atoms with Crippen LogP contribution in [-0.2, 0) is 38.5 Å². The summed E-state index contributed by atoms with van der Waals surface area (Å²) in [7, 11) is 0. The van der Waals surface area contributed by atoms with Gasteiger partial charge in [-0.15, -0.1) is 0 Å². The summed E-state index contributed by atoms with van der Waals surface area (Å²) >= 11 is 0. The summed E-state index contributed by atoms with van der Waals surface area (Å²) in [5.41, 5.74) is 11.3. The highest BCUT2D eigenvalue weighted by atomic mass is 15.3. The quantitative estimate of drug-likeness (QED) is 0.0794. The number of rotatable bonds is 26. The first-order chi connectivity index (χ1) is 32.7. The second-order valence-corrected chi connectivity index (χ2v) is 22.1. The molecule has 0 aliphatic carbocycles. The van der Waals surface area contributed by atoms with E-state index in [1.165, 1.54) is 252 Å². The van der Waals surface area contributed by atoms with Crippen LogP contribution in [0.25, 0.3) is 0 Å². The summed E-state index contributed by atoms with van der Waals surface area (Å²) < 4.78 is 0. The van der Waals surface area contributed by atoms with E-state index in [4.69, 9.17) is 0 Å². The zero-order chi connectivity index (χ0) is 44.6. The fourth-order valence-electron chi connectivity index (χ4n) is 13.8. The lowest BCUT2D eigenvalue weighted by molar-refractivity contribution is 0.0970. The smallest absolute Gasteiger partial charge is 0.0351 e. The molecule has 6 nitrogen and oxygen atoms in total. The molecule has 3 atom stereocenters. The van der Waals surface area contributed by atoms with Crippen molar-refractivity contribution in [3.63, 3.8) is 0 Å². The van der Waals surface area contributed by atoms with Crippen LogP contribution in [0.5, 0.6) is 0 Å². The Morgan fingerprint density at radius 2 is 0.833 bits per heavy atom. The summed E-state index contributed by atoms with van der Waals surface area (Å²) in [6.07, 6.45) is 31.6. The van der Waals surface area contributed by atoms with Crippen molar-refractivity contribution in [2.45, 2.75) is 172 Å². The molecule has 0 spiro atoms. The fraction of sp³-hybridized carbons (Fsp3) is 0.700. The van der Waals surface area contributed by atoms with Gasteiger partial charge in [-0.05, 0) is 291 Å². The van der Waals surface area contributed by atoms with Gasteiger partial charge in [0.15, 0.2) is 0 Å². The molecule has 362 valence electrons. The lowest BCUT2D eigenvalue weighted by atomic mass is 9.89. The lowest BCUT2D eigenvalue weighted by Crippen LogP contribution is -2.50. The van der Waals surface area contributed by atoms with Crippen molar-refractivity contribution in [2.24, 2.45) is 0 Å². The molecule has 6 aliphatic rings. The monoisotopic (exact) mass is 897 g/mol. The zero-order valence-corrected chi connectivity index (χ0v) is 41.8. The Labute approximate surface area is 403 Å². The van der Waals surface area contributed by atoms with Crippen LogP contribution >= 0.6 is 0 Å². The van der Waals surface area contributed by atoms with Crippen LogP contribution in [0.4, 0.5) is 0 Å². The second kappa shape index (κ2) is 25.9. The molecule has 3 unspecified atom stereocenters. The van der Waals surface area contributed by atoms with E-state index < -0.39 is 0 Å². The van der Waals surface area contributed by atoms with Crippen LogP contribution in [0, 0.1) is 0 Å². The number of likely N-dealkylation sites (tertiary alicyclic amines) is 6. The summed E-state index contributed by atoms with van der Waals surface area (Å²) in [5.74, 6) is 0. The highest BCUT2D eigenvalue weighted by molar-refractivity contribution is 5.36. The Hall–Kier alpha value is -2.58. The van der Waals surface area contributed by atoms with E-state index in [0.717, 1.165) is 0 Å². The van der Waals surface area contributed by atoms with E-state index in [1.807, 2.05) is 0 Å². The van der Waals surface area contributed by atoms with Gasteiger partial charge in [-0.1, -0.05) is 66.7 Å². The predicted octanol–water partition coefficient (Wildman–Crippen LogP) is 11.0. The molecule has 6 heterocycles. The first kappa shape index (κ1) is 48.4. The minimum Gasteiger partial charge on any atom is -0.303 e. The first-order valence-corrected chi connectivity index (χ1v) is 28.4. The fourth-order valence-corrected chi connectivity index (χ4v) is 13.8. The Kier molecular flexibility index (Phi) is 19.0. The van der Waals surface area contributed by atoms with Gasteiger partial charge in [-0.3, -0.25) is 14.7 Å². The average molecular weight is 897 g/mol. The third-order valence-corrected chi connectivity index (χ3v) is 17.4. The van der Waals surface area contributed by atoms with E-state index in [-0.39, 0.29) is 0 Å². The Balaban J connectivity index is 0.864. The minimum atomic E-state index is 0.574. The van der Waals surface area contributed by atoms with E-state index >= 15 is 0 Å². The van der Waals surface area contributed by atoms with Gasteiger partial charge in [0.25, 0.3) is 0 Å². The molecule has 6 aliphatic heterocycles. The van der Waals surface area contributed by atoms with E-state index in [0.29, 0.717) is 18.1 Å². The van der Waals surface area contributed by atoms with Gasteiger partial charge in [0.05, 0.1) is 0 Å². The van der Waals surface area contributed by atoms with Crippen LogP contribution in [0.1, 0.15) is 161 Å². The largest absolute Gasteiger partial charge is 0.303 e. The average Bonchev–Trinajstić information content (AvgIpc) is 4.19. The van der Waals surface area contributed by atoms with Crippen molar-refractivity contribution >= 4 is 0 Å². The number of benzene rings is 3. The molecule has 6 fully saturated rings. The molecule has 0 bridgehead atoms. The predicted molar refractivity (Wildman–Crippen MR) is 279 cm³/mol. The summed E-state index contributed by atoms with van der Waals surface area (Å²) in [6.45, 7) is 19.4. The Morgan fingerprint density at radius 3 is 1.38 bits per heavy atom. The molecule has 0 amide bonds. The summed E-state index contributed by atoms with van der Waals surface area (Å²) in [4.78, 5) is 16.9. The standard InChI is InChI=1S/C60H92N6/c1-2-23-55(54(22-1)24-15-41-62-36-5-6-37-62)25-17-47-64-48-18-27-58(64)57-50-53(28-31-56(57)26-16-42-63-38-7-8-39-63)30-33-60(66-45-11-12-46-66)59(65-43-9-10-44-65)32-29-52-20-13-19-51(49-52)21-14-40-61-34-3-4-35-61/h1-2,13,19-20,22-23,28,31,49-50,58-60H,3-12,14-18,21,24-27,29-30,32-48H2. The molecular formula is C60H92N6. The van der Waals surface area contributed by atoms with Gasteiger partial charge >= 0.3 is 0 Å². The third-order valence-electron chi connectivity index (χ3n) is 17.4. The van der Waals surface area contributed by atoms with Crippen LogP contribution < -0.4 is 0 Å². The van der Waals surface area contributed by atoms with Crippen molar-refractivity contribution in [2.75, 3.05) is 98.2 Å². The third kappa shape index (κ3) is 14.0. The molecule has 0 saturated carbocycles. The molecule has 0 aromatic heterocycles. The van der Waals surface area contributed by atoms with Crippen LogP contribution in [-0.4, -0.2) is 140 Å². The van der Waals surface area contributed by atoms with Crippen molar-refractivity contribution in [3.05, 3.63) is 106 Å². The van der Waals surface area contributed by atoms with Gasteiger partial charge in [0, 0.05) is 18.1 Å². The zero-order valence-electron chi connectivity index (χ0n) is 41.8. The number of aryl methyl sites for hydroxylation is 6. The van der Waals surface area contributed by atoms with E-state index in [9.17, 15) is 0 Å². The minimum absolute atomic E-state index is 0.574. The van der Waals surface area contributed by atoms with Crippen LogP contribution in [0.2, 0.25) is 0 Å². The number of nitrogens with zero attached hydrogens (tertiary/aromatic N) is 6. The number of hydrogen-bond donors (Lipinski definition) is 0. The second-order valence-electron chi connectivity index (χ2n) is 22.1. The van der Waals surface area contributed by atoms with Crippen molar-refractivity contribution in [1.82, 2.24) is 29.4 Å². The Morgan fingerprint density at radius 1 is 0.379 bits per heavy atom. The molecule has 0 N–H and O–H groups in total. The van der Waals surface area contributed by atoms with Gasteiger partial charge in [0.2, 0.25) is 0 Å². The van der Waals surface area contributed by atoms with Crippen LogP contribution in [0.15, 0.2) is 66.7 Å². The summed E-state index contributed by atoms with van der Waals surface area (Å²) in [6, 6.07) is 29.0. The van der Waals surface area contributed by atoms with Gasteiger partial charge in [0.1, 0.15) is 0 Å². The molecule has 9 rings (SSSR count). The topological polar surface area (TPSA) is 19.4 Å². The maximum absolute atomic E-state index is 2.95. The normalized spacial score (nSPS) is 22.7. The highest BCUT2D eigenvalue weighted by Crippen LogP contribution is 2.36. The van der Waals surface area contributed by atoms with E-state index in [2.05, 4.69) is 96.1 Å². The molecule has 66 heavy (non-hydrogen) atoms. The van der Waals surface area contributed by atoms with Gasteiger partial charge in [-0.2, -0.15) is 0 Å². The summed E-state index contributed by atoms with van der Waals surface area (Å²) in [5, 5.41) is 0. The first-order valence-electron chi connectivity index (χ1n) is 28.4. The molecule has 0 radical (unpaired) electrons. The number of hydrogen-bond acceptors (Lipinski definition) is 6. The van der Waals surface area contributed by atoms with E-state index in [1.54, 1.807) is 38.9 Å². The van der Waals surface area contributed by atoms with Crippen molar-refractivity contribution in [3.8, 4) is 0 Å². The van der Waals surface area contributed by atoms with Gasteiger partial charge < -0.3 is 14.7 Å². The Bertz CT molecular complexity index is 1850. The molecule has 6 heteroatoms. The molecule has 6 saturated heterocycles. The van der Waals surface area contributed by atoms with Crippen LogP contribution in [0.3, 0.4) is 0 Å². The highest BCUT2D eigenvalue weighted by Gasteiger charge is 2.35. The lowest BCUT2D eigenvalue weighted by Gasteiger charge is -2.40. The maximum atomic E-state index is 2.95. The van der Waals surface area contributed by atoms with Crippen molar-refractivity contribution in [1.29, 1.82) is 0 Å². The molecule has 3 aromatic rings. The molecule has 3 aromatic carbocycles. The SMILES string of the molecule is c1cc(CCCN2CCCC2)cc(CCC(C(CCc2ccc(CCCN3CCCC3)c(C3CCCN3CCCc3ccccc3CCCN3CCCC3)c2)N2CCCC2)N2CCCC2)c1. The van der Waals surface area contributed by atoms with Crippen molar-refractivity contribution < 1.29 is 0 Å². The maximum Gasteiger partial charge on any atom is 0.0351 e. The van der Waals surface area contributed by atoms with Gasteiger partial charge in [-0.25, -0.2) is 0 Å².